The number of nitrogens with one attached hydrogen (secondary N) is 1. The van der Waals surface area contributed by atoms with E-state index in [1.807, 2.05) is 4.90 Å². The molecule has 2 atom stereocenters. The average molecular weight is 272 g/mol. The first-order valence-corrected chi connectivity index (χ1v) is 6.30. The van der Waals surface area contributed by atoms with Crippen molar-refractivity contribution in [1.29, 1.82) is 0 Å². The van der Waals surface area contributed by atoms with Gasteiger partial charge >= 0.3 is 6.18 Å². The molecule has 0 unspecified atom stereocenters. The van der Waals surface area contributed by atoms with Crippen molar-refractivity contribution in [1.82, 2.24) is 5.32 Å². The van der Waals surface area contributed by atoms with Crippen LogP contribution >= 0.6 is 0 Å². The maximum Gasteiger partial charge on any atom is 0.416 e. The molecule has 0 radical (unpaired) electrons. The first kappa shape index (κ1) is 12.7. The second kappa shape index (κ2) is 4.38. The van der Waals surface area contributed by atoms with E-state index in [4.69, 9.17) is 0 Å². The molecule has 2 aliphatic rings. The van der Waals surface area contributed by atoms with Crippen molar-refractivity contribution in [2.24, 2.45) is 0 Å². The summed E-state index contributed by atoms with van der Waals surface area (Å²) in [6.07, 6.45) is -3.59. The number of aliphatic hydroxyl groups is 1. The van der Waals surface area contributed by atoms with Gasteiger partial charge in [-0.2, -0.15) is 13.2 Å². The lowest BCUT2D eigenvalue weighted by atomic mass is 10.1. The van der Waals surface area contributed by atoms with Crippen molar-refractivity contribution >= 4 is 5.69 Å². The smallest absolute Gasteiger partial charge is 0.394 e. The highest BCUT2D eigenvalue weighted by atomic mass is 19.4. The molecule has 3 nitrogen and oxygen atoms in total. The average Bonchev–Trinajstić information content (AvgIpc) is 2.75. The molecule has 6 heteroatoms. The predicted molar refractivity (Wildman–Crippen MR) is 65.2 cm³/mol. The number of hydrogen-bond acceptors (Lipinski definition) is 3. The second-order valence-corrected chi connectivity index (χ2v) is 5.10. The van der Waals surface area contributed by atoms with Crippen LogP contribution in [-0.4, -0.2) is 36.9 Å². The van der Waals surface area contributed by atoms with Crippen LogP contribution < -0.4 is 10.2 Å². The van der Waals surface area contributed by atoms with Gasteiger partial charge in [-0.25, -0.2) is 0 Å². The molecule has 1 saturated heterocycles. The molecule has 0 aliphatic carbocycles. The number of aliphatic hydroxyl groups excluding tert-OH is 1. The molecule has 104 valence electrons. The van der Waals surface area contributed by atoms with Crippen LogP contribution in [0.3, 0.4) is 0 Å². The summed E-state index contributed by atoms with van der Waals surface area (Å²) in [6.45, 7) is 1.29. The molecule has 1 aromatic rings. The quantitative estimate of drug-likeness (QED) is 0.811. The summed E-state index contributed by atoms with van der Waals surface area (Å²) >= 11 is 0. The third-order valence-electron chi connectivity index (χ3n) is 3.90. The minimum absolute atomic E-state index is 0.0564. The largest absolute Gasteiger partial charge is 0.416 e. The van der Waals surface area contributed by atoms with E-state index in [1.165, 1.54) is 6.07 Å². The Hall–Kier alpha value is -1.27. The fraction of sp³-hybridized carbons (Fsp3) is 0.538. The Balaban J connectivity index is 2.01. The van der Waals surface area contributed by atoms with Crippen molar-refractivity contribution in [2.75, 3.05) is 24.6 Å². The van der Waals surface area contributed by atoms with E-state index in [9.17, 15) is 18.3 Å². The van der Waals surface area contributed by atoms with Gasteiger partial charge in [0.05, 0.1) is 18.2 Å². The Labute approximate surface area is 109 Å². The zero-order chi connectivity index (χ0) is 13.6. The second-order valence-electron chi connectivity index (χ2n) is 5.10. The van der Waals surface area contributed by atoms with E-state index in [2.05, 4.69) is 5.32 Å². The number of rotatable bonds is 1. The van der Waals surface area contributed by atoms with Gasteiger partial charge in [0.15, 0.2) is 0 Å². The fourth-order valence-corrected chi connectivity index (χ4v) is 3.03. The van der Waals surface area contributed by atoms with Gasteiger partial charge in [-0.15, -0.1) is 0 Å². The maximum atomic E-state index is 12.8. The van der Waals surface area contributed by atoms with E-state index in [0.29, 0.717) is 12.2 Å². The number of halogens is 3. The van der Waals surface area contributed by atoms with Crippen molar-refractivity contribution in [2.45, 2.75) is 24.7 Å². The zero-order valence-electron chi connectivity index (χ0n) is 10.2. The molecule has 1 fully saturated rings. The van der Waals surface area contributed by atoms with Gasteiger partial charge in [0.1, 0.15) is 0 Å². The summed E-state index contributed by atoms with van der Waals surface area (Å²) in [5.74, 6) is 0. The molecule has 0 saturated carbocycles. The lowest BCUT2D eigenvalue weighted by Crippen LogP contribution is -2.57. The highest BCUT2D eigenvalue weighted by Crippen LogP contribution is 2.39. The number of alkyl halides is 3. The number of benzene rings is 1. The van der Waals surface area contributed by atoms with Gasteiger partial charge < -0.3 is 15.3 Å². The normalized spacial score (nSPS) is 26.2. The highest BCUT2D eigenvalue weighted by Gasteiger charge is 2.39. The van der Waals surface area contributed by atoms with Crippen molar-refractivity contribution in [3.8, 4) is 0 Å². The molecule has 0 aromatic heterocycles. The summed E-state index contributed by atoms with van der Waals surface area (Å²) < 4.78 is 38.3. The Morgan fingerprint density at radius 1 is 1.32 bits per heavy atom. The molecule has 0 amide bonds. The molecule has 0 bridgehead atoms. The Morgan fingerprint density at radius 3 is 2.79 bits per heavy atom. The summed E-state index contributed by atoms with van der Waals surface area (Å²) in [5.41, 5.74) is 0.933. The molecular weight excluding hydrogens is 257 g/mol. The van der Waals surface area contributed by atoms with Crippen LogP contribution in [-0.2, 0) is 12.6 Å². The van der Waals surface area contributed by atoms with Crippen LogP contribution in [0.5, 0.6) is 0 Å². The first-order valence-electron chi connectivity index (χ1n) is 6.30. The van der Waals surface area contributed by atoms with E-state index >= 15 is 0 Å². The minimum atomic E-state index is -4.32. The Morgan fingerprint density at radius 2 is 2.11 bits per heavy atom. The molecule has 2 N–H and O–H groups in total. The zero-order valence-corrected chi connectivity index (χ0v) is 10.2. The molecule has 19 heavy (non-hydrogen) atoms. The lowest BCUT2D eigenvalue weighted by Gasteiger charge is -2.39. The van der Waals surface area contributed by atoms with Gasteiger partial charge in [-0.1, -0.05) is 6.07 Å². The summed E-state index contributed by atoms with van der Waals surface area (Å²) in [4.78, 5) is 1.95. The first-order chi connectivity index (χ1) is 9.00. The summed E-state index contributed by atoms with van der Waals surface area (Å²) in [5, 5.41) is 12.6. The lowest BCUT2D eigenvalue weighted by molar-refractivity contribution is -0.137. The topological polar surface area (TPSA) is 35.5 Å². The number of anilines is 1. The third-order valence-corrected chi connectivity index (χ3v) is 3.90. The van der Waals surface area contributed by atoms with Crippen LogP contribution in [0, 0.1) is 0 Å². The van der Waals surface area contributed by atoms with Crippen LogP contribution in [0.25, 0.3) is 0 Å². The van der Waals surface area contributed by atoms with Gasteiger partial charge in [0, 0.05) is 24.8 Å². The fourth-order valence-electron chi connectivity index (χ4n) is 3.03. The number of hydrogen-bond donors (Lipinski definition) is 2. The minimum Gasteiger partial charge on any atom is -0.394 e. The molecule has 2 aliphatic heterocycles. The number of piperazine rings is 1. The summed E-state index contributed by atoms with van der Waals surface area (Å²) in [7, 11) is 0. The molecular formula is C13H15F3N2O. The van der Waals surface area contributed by atoms with Crippen molar-refractivity contribution < 1.29 is 18.3 Å². The number of nitrogens with zero attached hydrogens (tertiary/aromatic N) is 1. The van der Waals surface area contributed by atoms with Crippen LogP contribution in [0.2, 0.25) is 0 Å². The van der Waals surface area contributed by atoms with Gasteiger partial charge in [0.2, 0.25) is 0 Å². The molecule has 3 rings (SSSR count). The highest BCUT2D eigenvalue weighted by molar-refractivity contribution is 5.62. The molecule has 1 aromatic carbocycles. The Bertz CT molecular complexity index is 483. The van der Waals surface area contributed by atoms with Gasteiger partial charge in [-0.05, 0) is 24.1 Å². The van der Waals surface area contributed by atoms with Gasteiger partial charge in [0.25, 0.3) is 0 Å². The predicted octanol–water partition coefficient (Wildman–Crippen LogP) is 1.40. The maximum absolute atomic E-state index is 12.8. The SMILES string of the molecule is OC[C@@H]1CNC[C@H]2Cc3ccc(C(F)(F)F)cc3N12. The van der Waals surface area contributed by atoms with E-state index in [1.54, 1.807) is 6.07 Å². The van der Waals surface area contributed by atoms with E-state index in [0.717, 1.165) is 24.6 Å². The van der Waals surface area contributed by atoms with Crippen molar-refractivity contribution in [3.05, 3.63) is 29.3 Å². The monoisotopic (exact) mass is 272 g/mol. The standard InChI is InChI=1S/C13H15F3N2O/c14-13(15,16)9-2-1-8-3-10-5-17-6-11(7-19)18(10)12(8)4-9/h1-2,4,10-11,17,19H,3,5-7H2/t10-,11+/m1/s1. The molecule has 0 spiro atoms. The van der Waals surface area contributed by atoms with E-state index < -0.39 is 11.7 Å². The van der Waals surface area contributed by atoms with Crippen LogP contribution in [0.1, 0.15) is 11.1 Å². The number of fused-ring (bicyclic) bond motifs is 3. The summed E-state index contributed by atoms with van der Waals surface area (Å²) in [6, 6.07) is 3.90. The van der Waals surface area contributed by atoms with Crippen molar-refractivity contribution in [3.63, 3.8) is 0 Å². The van der Waals surface area contributed by atoms with Crippen LogP contribution in [0.15, 0.2) is 18.2 Å². The molecule has 2 heterocycles. The third kappa shape index (κ3) is 2.08. The van der Waals surface area contributed by atoms with Crippen LogP contribution in [0.4, 0.5) is 18.9 Å². The Kier molecular flexibility index (Phi) is 2.94. The van der Waals surface area contributed by atoms with E-state index in [-0.39, 0.29) is 18.7 Å². The van der Waals surface area contributed by atoms with Gasteiger partial charge in [-0.3, -0.25) is 0 Å².